The monoisotopic (exact) mass is 241 g/mol. The molecule has 0 radical (unpaired) electrons. The summed E-state index contributed by atoms with van der Waals surface area (Å²) in [4.78, 5) is 0. The van der Waals surface area contributed by atoms with Crippen LogP contribution in [0.25, 0.3) is 0 Å². The molecular weight excluding hydrogens is 226 g/mol. The van der Waals surface area contributed by atoms with Gasteiger partial charge in [-0.1, -0.05) is 23.7 Å². The van der Waals surface area contributed by atoms with Crippen molar-refractivity contribution in [2.45, 2.75) is 18.9 Å². The highest BCUT2D eigenvalue weighted by atomic mass is 35.5. The fourth-order valence-corrected chi connectivity index (χ4v) is 1.84. The van der Waals surface area contributed by atoms with Crippen LogP contribution in [0.5, 0.6) is 5.75 Å². The third-order valence-corrected chi connectivity index (χ3v) is 3.17. The summed E-state index contributed by atoms with van der Waals surface area (Å²) in [5, 5.41) is 9.53. The van der Waals surface area contributed by atoms with Crippen LogP contribution < -0.4 is 10.5 Å². The number of hydrogen-bond acceptors (Lipinski definition) is 3. The van der Waals surface area contributed by atoms with Gasteiger partial charge in [-0.15, -0.1) is 0 Å². The van der Waals surface area contributed by atoms with E-state index >= 15 is 0 Å². The molecule has 1 aliphatic carbocycles. The quantitative estimate of drug-likeness (QED) is 0.830. The molecule has 1 atom stereocenters. The maximum Gasteiger partial charge on any atom is 0.138 e. The summed E-state index contributed by atoms with van der Waals surface area (Å²) in [7, 11) is 0. The van der Waals surface area contributed by atoms with Crippen LogP contribution in [0, 0.1) is 5.92 Å². The molecule has 4 heteroatoms. The van der Waals surface area contributed by atoms with Gasteiger partial charge in [-0.2, -0.15) is 0 Å². The first-order chi connectivity index (χ1) is 7.72. The SMILES string of the molecule is NC(CO)c1cccc(OCC2CC2)c1Cl. The van der Waals surface area contributed by atoms with Crippen LogP contribution >= 0.6 is 11.6 Å². The number of aliphatic hydroxyl groups is 1. The Labute approximate surface area is 100 Å². The van der Waals surface area contributed by atoms with E-state index in [-0.39, 0.29) is 6.61 Å². The minimum absolute atomic E-state index is 0.119. The normalized spacial score (nSPS) is 17.2. The van der Waals surface area contributed by atoms with Gasteiger partial charge in [-0.25, -0.2) is 0 Å². The van der Waals surface area contributed by atoms with E-state index in [0.717, 1.165) is 12.2 Å². The lowest BCUT2D eigenvalue weighted by Crippen LogP contribution is -2.15. The van der Waals surface area contributed by atoms with Crippen molar-refractivity contribution in [1.29, 1.82) is 0 Å². The van der Waals surface area contributed by atoms with E-state index < -0.39 is 6.04 Å². The molecule has 1 saturated carbocycles. The zero-order chi connectivity index (χ0) is 11.5. The van der Waals surface area contributed by atoms with Crippen LogP contribution in [-0.2, 0) is 0 Å². The number of aliphatic hydroxyl groups excluding tert-OH is 1. The summed E-state index contributed by atoms with van der Waals surface area (Å²) in [6.45, 7) is 0.601. The van der Waals surface area contributed by atoms with E-state index in [2.05, 4.69) is 0 Å². The topological polar surface area (TPSA) is 55.5 Å². The molecule has 3 N–H and O–H groups in total. The number of ether oxygens (including phenoxy) is 1. The van der Waals surface area contributed by atoms with Crippen molar-refractivity contribution >= 4 is 11.6 Å². The number of nitrogens with two attached hydrogens (primary N) is 1. The van der Waals surface area contributed by atoms with Gasteiger partial charge in [-0.3, -0.25) is 0 Å². The van der Waals surface area contributed by atoms with Gasteiger partial charge in [0.1, 0.15) is 5.75 Å². The zero-order valence-electron chi connectivity index (χ0n) is 9.03. The van der Waals surface area contributed by atoms with Crippen molar-refractivity contribution in [1.82, 2.24) is 0 Å². The van der Waals surface area contributed by atoms with E-state index in [4.69, 9.17) is 27.2 Å². The molecule has 0 aliphatic heterocycles. The number of rotatable bonds is 5. The Morgan fingerprint density at radius 3 is 2.88 bits per heavy atom. The second kappa shape index (κ2) is 5.04. The molecule has 0 heterocycles. The molecule has 1 aliphatic rings. The Morgan fingerprint density at radius 2 is 2.25 bits per heavy atom. The van der Waals surface area contributed by atoms with Gasteiger partial charge in [0.15, 0.2) is 0 Å². The number of halogens is 1. The van der Waals surface area contributed by atoms with Crippen molar-refractivity contribution in [3.8, 4) is 5.75 Å². The summed E-state index contributed by atoms with van der Waals surface area (Å²) in [6.07, 6.45) is 2.49. The minimum Gasteiger partial charge on any atom is -0.492 e. The molecule has 1 unspecified atom stereocenters. The van der Waals surface area contributed by atoms with Crippen LogP contribution in [0.1, 0.15) is 24.4 Å². The largest absolute Gasteiger partial charge is 0.492 e. The molecule has 0 saturated heterocycles. The molecule has 0 amide bonds. The lowest BCUT2D eigenvalue weighted by molar-refractivity contribution is 0.267. The maximum atomic E-state index is 9.01. The lowest BCUT2D eigenvalue weighted by Gasteiger charge is -2.14. The Kier molecular flexibility index (Phi) is 3.69. The molecule has 0 spiro atoms. The third-order valence-electron chi connectivity index (χ3n) is 2.76. The van der Waals surface area contributed by atoms with Gasteiger partial charge in [0, 0.05) is 0 Å². The van der Waals surface area contributed by atoms with Crippen molar-refractivity contribution in [3.63, 3.8) is 0 Å². The second-order valence-electron chi connectivity index (χ2n) is 4.20. The first kappa shape index (κ1) is 11.7. The van der Waals surface area contributed by atoms with Crippen LogP contribution in [0.2, 0.25) is 5.02 Å². The molecule has 1 aromatic rings. The summed E-state index contributed by atoms with van der Waals surface area (Å²) in [5.74, 6) is 1.35. The van der Waals surface area contributed by atoms with Crippen molar-refractivity contribution < 1.29 is 9.84 Å². The fraction of sp³-hybridized carbons (Fsp3) is 0.500. The van der Waals surface area contributed by atoms with Gasteiger partial charge in [-0.05, 0) is 30.4 Å². The Morgan fingerprint density at radius 1 is 1.50 bits per heavy atom. The van der Waals surface area contributed by atoms with Crippen LogP contribution in [0.3, 0.4) is 0 Å². The second-order valence-corrected chi connectivity index (χ2v) is 4.58. The van der Waals surface area contributed by atoms with Crippen LogP contribution in [0.4, 0.5) is 0 Å². The minimum atomic E-state index is -0.447. The lowest BCUT2D eigenvalue weighted by atomic mass is 10.1. The average molecular weight is 242 g/mol. The summed E-state index contributed by atoms with van der Waals surface area (Å²) in [6, 6.07) is 5.04. The predicted molar refractivity (Wildman–Crippen MR) is 63.7 cm³/mol. The molecule has 88 valence electrons. The van der Waals surface area contributed by atoms with Crippen molar-refractivity contribution in [2.24, 2.45) is 11.7 Å². The van der Waals surface area contributed by atoms with E-state index in [9.17, 15) is 0 Å². The summed E-state index contributed by atoms with van der Waals surface area (Å²) in [5.41, 5.74) is 6.48. The maximum absolute atomic E-state index is 9.01. The van der Waals surface area contributed by atoms with Crippen LogP contribution in [0.15, 0.2) is 18.2 Å². The molecule has 1 fully saturated rings. The standard InChI is InChI=1S/C12H16ClNO2/c13-12-9(10(14)6-15)2-1-3-11(12)16-7-8-4-5-8/h1-3,8,10,15H,4-7,14H2. The Hall–Kier alpha value is -0.770. The van der Waals surface area contributed by atoms with E-state index in [0.29, 0.717) is 16.7 Å². The highest BCUT2D eigenvalue weighted by Crippen LogP contribution is 2.34. The van der Waals surface area contributed by atoms with E-state index in [1.165, 1.54) is 12.8 Å². The summed E-state index contributed by atoms with van der Waals surface area (Å²) < 4.78 is 5.63. The Balaban J connectivity index is 2.11. The van der Waals surface area contributed by atoms with Gasteiger partial charge in [0.25, 0.3) is 0 Å². The van der Waals surface area contributed by atoms with E-state index in [1.807, 2.05) is 18.2 Å². The molecule has 1 aromatic carbocycles. The fourth-order valence-electron chi connectivity index (χ4n) is 1.52. The molecule has 2 rings (SSSR count). The third kappa shape index (κ3) is 2.67. The molecule has 3 nitrogen and oxygen atoms in total. The van der Waals surface area contributed by atoms with Crippen LogP contribution in [-0.4, -0.2) is 18.3 Å². The Bertz CT molecular complexity index is 366. The van der Waals surface area contributed by atoms with Gasteiger partial charge in [0.05, 0.1) is 24.3 Å². The van der Waals surface area contributed by atoms with Gasteiger partial charge in [0.2, 0.25) is 0 Å². The molecule has 16 heavy (non-hydrogen) atoms. The van der Waals surface area contributed by atoms with Gasteiger partial charge < -0.3 is 15.6 Å². The predicted octanol–water partition coefficient (Wildman–Crippen LogP) is 2.12. The smallest absolute Gasteiger partial charge is 0.138 e. The van der Waals surface area contributed by atoms with E-state index in [1.54, 1.807) is 0 Å². The first-order valence-corrected chi connectivity index (χ1v) is 5.87. The highest BCUT2D eigenvalue weighted by Gasteiger charge is 2.22. The number of benzene rings is 1. The number of hydrogen-bond donors (Lipinski definition) is 2. The van der Waals surface area contributed by atoms with Crippen molar-refractivity contribution in [2.75, 3.05) is 13.2 Å². The molecular formula is C12H16ClNO2. The average Bonchev–Trinajstić information content (AvgIpc) is 3.10. The van der Waals surface area contributed by atoms with Gasteiger partial charge >= 0.3 is 0 Å². The first-order valence-electron chi connectivity index (χ1n) is 5.50. The highest BCUT2D eigenvalue weighted by molar-refractivity contribution is 6.32. The van der Waals surface area contributed by atoms with Crippen molar-refractivity contribution in [3.05, 3.63) is 28.8 Å². The molecule has 0 bridgehead atoms. The molecule has 0 aromatic heterocycles. The zero-order valence-corrected chi connectivity index (χ0v) is 9.78. The summed E-state index contributed by atoms with van der Waals surface area (Å²) >= 11 is 6.17.